The molecule has 0 unspecified atom stereocenters. The summed E-state index contributed by atoms with van der Waals surface area (Å²) in [5.41, 5.74) is 0.781. The number of thiophene rings is 1. The van der Waals surface area contributed by atoms with Gasteiger partial charge in [0.1, 0.15) is 4.88 Å². The van der Waals surface area contributed by atoms with E-state index in [0.717, 1.165) is 0 Å². The SMILES string of the molecule is CC(=O)Nc1ccc(Cl)cc1NC(=O)c1sc2cc(Cl)cc(Cl)c2c1Cl. The minimum Gasteiger partial charge on any atom is -0.325 e. The molecule has 0 saturated heterocycles. The molecule has 0 spiro atoms. The van der Waals surface area contributed by atoms with Crippen LogP contribution in [0.25, 0.3) is 10.1 Å². The number of hydrogen-bond acceptors (Lipinski definition) is 3. The van der Waals surface area contributed by atoms with Crippen molar-refractivity contribution >= 4 is 91.0 Å². The van der Waals surface area contributed by atoms with Gasteiger partial charge in [-0.15, -0.1) is 11.3 Å². The van der Waals surface area contributed by atoms with Crippen LogP contribution in [0.1, 0.15) is 16.6 Å². The molecular formula is C17H10Cl4N2O2S. The maximum atomic E-state index is 12.7. The molecule has 0 fully saturated rings. The molecule has 9 heteroatoms. The van der Waals surface area contributed by atoms with Crippen molar-refractivity contribution in [2.75, 3.05) is 10.6 Å². The first-order valence-corrected chi connectivity index (χ1v) is 9.54. The van der Waals surface area contributed by atoms with E-state index in [4.69, 9.17) is 46.4 Å². The Bertz CT molecular complexity index is 1050. The molecule has 0 bridgehead atoms. The standard InChI is InChI=1S/C17H10Cl4N2O2S/c1-7(24)22-11-3-2-8(18)5-12(11)23-17(25)16-15(21)14-10(20)4-9(19)6-13(14)26-16/h2-6H,1H3,(H,22,24)(H,23,25). The number of anilines is 2. The first kappa shape index (κ1) is 19.3. The van der Waals surface area contributed by atoms with Gasteiger partial charge in [-0.2, -0.15) is 0 Å². The summed E-state index contributed by atoms with van der Waals surface area (Å²) in [5, 5.41) is 7.40. The van der Waals surface area contributed by atoms with E-state index in [1.807, 2.05) is 0 Å². The lowest BCUT2D eigenvalue weighted by Gasteiger charge is -2.11. The monoisotopic (exact) mass is 446 g/mol. The average Bonchev–Trinajstić information content (AvgIpc) is 2.86. The number of benzene rings is 2. The van der Waals surface area contributed by atoms with E-state index >= 15 is 0 Å². The Balaban J connectivity index is 2.00. The molecule has 134 valence electrons. The van der Waals surface area contributed by atoms with Crippen molar-refractivity contribution in [2.24, 2.45) is 0 Å². The summed E-state index contributed by atoms with van der Waals surface area (Å²) >= 11 is 25.7. The molecule has 0 saturated carbocycles. The quantitative estimate of drug-likeness (QED) is 0.467. The second-order valence-corrected chi connectivity index (χ2v) is 8.04. The van der Waals surface area contributed by atoms with Crippen LogP contribution in [0.5, 0.6) is 0 Å². The number of halogens is 4. The van der Waals surface area contributed by atoms with Crippen LogP contribution in [0.4, 0.5) is 11.4 Å². The third-order valence-corrected chi connectivity index (χ3v) is 5.77. The second-order valence-electron chi connectivity index (χ2n) is 5.33. The van der Waals surface area contributed by atoms with E-state index < -0.39 is 5.91 Å². The van der Waals surface area contributed by atoms with E-state index in [2.05, 4.69) is 10.6 Å². The summed E-state index contributed by atoms with van der Waals surface area (Å²) in [4.78, 5) is 24.4. The maximum Gasteiger partial charge on any atom is 0.267 e. The van der Waals surface area contributed by atoms with Gasteiger partial charge in [0, 0.05) is 27.1 Å². The number of rotatable bonds is 3. The van der Waals surface area contributed by atoms with Crippen LogP contribution < -0.4 is 10.6 Å². The van der Waals surface area contributed by atoms with Crippen molar-refractivity contribution in [2.45, 2.75) is 6.92 Å². The van der Waals surface area contributed by atoms with Crippen molar-refractivity contribution in [3.05, 3.63) is 55.3 Å². The van der Waals surface area contributed by atoms with E-state index in [0.29, 0.717) is 36.5 Å². The number of nitrogens with one attached hydrogen (secondary N) is 2. The molecule has 2 N–H and O–H groups in total. The fourth-order valence-corrected chi connectivity index (χ4v) is 4.80. The zero-order valence-electron chi connectivity index (χ0n) is 13.1. The van der Waals surface area contributed by atoms with Gasteiger partial charge in [0.2, 0.25) is 5.91 Å². The van der Waals surface area contributed by atoms with Gasteiger partial charge in [-0.25, -0.2) is 0 Å². The number of carbonyl (C=O) groups is 2. The number of hydrogen-bond donors (Lipinski definition) is 2. The zero-order chi connectivity index (χ0) is 19.0. The lowest BCUT2D eigenvalue weighted by atomic mass is 10.2. The van der Waals surface area contributed by atoms with Crippen LogP contribution in [0.2, 0.25) is 20.1 Å². The molecular weight excluding hydrogens is 438 g/mol. The number of fused-ring (bicyclic) bond motifs is 1. The van der Waals surface area contributed by atoms with Crippen LogP contribution >= 0.6 is 57.7 Å². The summed E-state index contributed by atoms with van der Waals surface area (Å²) in [7, 11) is 0. The van der Waals surface area contributed by atoms with Crippen LogP contribution in [0.15, 0.2) is 30.3 Å². The van der Waals surface area contributed by atoms with Crippen molar-refractivity contribution in [1.82, 2.24) is 0 Å². The molecule has 0 radical (unpaired) electrons. The summed E-state index contributed by atoms with van der Waals surface area (Å²) in [6.07, 6.45) is 0. The molecule has 1 aromatic heterocycles. The Morgan fingerprint density at radius 1 is 0.923 bits per heavy atom. The third-order valence-electron chi connectivity index (χ3n) is 3.40. The van der Waals surface area contributed by atoms with Crippen molar-refractivity contribution < 1.29 is 9.59 Å². The molecule has 0 aliphatic rings. The molecule has 3 aromatic rings. The molecule has 4 nitrogen and oxygen atoms in total. The molecule has 3 rings (SSSR count). The van der Waals surface area contributed by atoms with E-state index in [9.17, 15) is 9.59 Å². The Morgan fingerprint density at radius 3 is 2.35 bits per heavy atom. The zero-order valence-corrected chi connectivity index (χ0v) is 17.0. The van der Waals surface area contributed by atoms with E-state index in [-0.39, 0.29) is 15.8 Å². The molecule has 0 atom stereocenters. The summed E-state index contributed by atoms with van der Waals surface area (Å²) in [6.45, 7) is 1.37. The Morgan fingerprint density at radius 2 is 1.65 bits per heavy atom. The van der Waals surface area contributed by atoms with Gasteiger partial charge in [0.15, 0.2) is 0 Å². The maximum absolute atomic E-state index is 12.7. The smallest absolute Gasteiger partial charge is 0.267 e. The van der Waals surface area contributed by atoms with Crippen molar-refractivity contribution in [3.8, 4) is 0 Å². The average molecular weight is 448 g/mol. The van der Waals surface area contributed by atoms with Gasteiger partial charge in [-0.3, -0.25) is 9.59 Å². The van der Waals surface area contributed by atoms with Crippen molar-refractivity contribution in [3.63, 3.8) is 0 Å². The highest BCUT2D eigenvalue weighted by atomic mass is 35.5. The highest BCUT2D eigenvalue weighted by molar-refractivity contribution is 7.21. The molecule has 0 aliphatic carbocycles. The van der Waals surface area contributed by atoms with Crippen LogP contribution in [0.3, 0.4) is 0 Å². The first-order valence-electron chi connectivity index (χ1n) is 7.22. The Labute approximate surface area is 173 Å². The second kappa shape index (κ2) is 7.62. The predicted molar refractivity (Wildman–Crippen MR) is 111 cm³/mol. The van der Waals surface area contributed by atoms with Gasteiger partial charge in [0.05, 0.1) is 21.4 Å². The Hall–Kier alpha value is -1.50. The third kappa shape index (κ3) is 3.92. The van der Waals surface area contributed by atoms with E-state index in [1.165, 1.54) is 24.3 Å². The van der Waals surface area contributed by atoms with E-state index in [1.54, 1.807) is 24.3 Å². The van der Waals surface area contributed by atoms with Gasteiger partial charge in [-0.05, 0) is 30.3 Å². The summed E-state index contributed by atoms with van der Waals surface area (Å²) < 4.78 is 0.700. The molecule has 1 heterocycles. The minimum absolute atomic E-state index is 0.243. The lowest BCUT2D eigenvalue weighted by Crippen LogP contribution is -2.14. The number of carbonyl (C=O) groups excluding carboxylic acids is 2. The largest absolute Gasteiger partial charge is 0.325 e. The van der Waals surface area contributed by atoms with Crippen LogP contribution in [-0.2, 0) is 4.79 Å². The fourth-order valence-electron chi connectivity index (χ4n) is 2.36. The normalized spacial score (nSPS) is 10.8. The fraction of sp³-hybridized carbons (Fsp3) is 0.0588. The minimum atomic E-state index is -0.447. The number of amides is 2. The molecule has 0 aliphatic heterocycles. The Kier molecular flexibility index (Phi) is 5.65. The molecule has 2 aromatic carbocycles. The first-order chi connectivity index (χ1) is 12.3. The van der Waals surface area contributed by atoms with Gasteiger partial charge in [-0.1, -0.05) is 46.4 Å². The lowest BCUT2D eigenvalue weighted by molar-refractivity contribution is -0.114. The van der Waals surface area contributed by atoms with Crippen molar-refractivity contribution in [1.29, 1.82) is 0 Å². The van der Waals surface area contributed by atoms with Crippen LogP contribution in [-0.4, -0.2) is 11.8 Å². The summed E-state index contributed by atoms with van der Waals surface area (Å²) in [6, 6.07) is 8.00. The van der Waals surface area contributed by atoms with Gasteiger partial charge >= 0.3 is 0 Å². The van der Waals surface area contributed by atoms with Gasteiger partial charge in [0.25, 0.3) is 5.91 Å². The highest BCUT2D eigenvalue weighted by Gasteiger charge is 2.20. The topological polar surface area (TPSA) is 58.2 Å². The highest BCUT2D eigenvalue weighted by Crippen LogP contribution is 2.41. The van der Waals surface area contributed by atoms with Crippen LogP contribution in [0, 0.1) is 0 Å². The molecule has 2 amide bonds. The van der Waals surface area contributed by atoms with Gasteiger partial charge < -0.3 is 10.6 Å². The predicted octanol–water partition coefficient (Wildman–Crippen LogP) is 6.73. The summed E-state index contributed by atoms with van der Waals surface area (Å²) in [5.74, 6) is -0.721. The molecule has 26 heavy (non-hydrogen) atoms.